The minimum atomic E-state index is -4.26. The molecule has 2 bridgehead atoms. The Hall–Kier alpha value is -3.69. The summed E-state index contributed by atoms with van der Waals surface area (Å²) >= 11 is 1.07. The number of hydrogen-bond acceptors (Lipinski definition) is 7. The Morgan fingerprint density at radius 1 is 1.08 bits per heavy atom. The van der Waals surface area contributed by atoms with Crippen LogP contribution >= 0.6 is 11.3 Å². The van der Waals surface area contributed by atoms with Crippen LogP contribution in [0.1, 0.15) is 79.5 Å². The summed E-state index contributed by atoms with van der Waals surface area (Å²) in [4.78, 5) is 24.6. The fraction of sp³-hybridized carbons (Fsp3) is 0.556. The number of fused-ring (bicyclic) bond motifs is 2. The zero-order valence-electron chi connectivity index (χ0n) is 27.1. The fourth-order valence-electron chi connectivity index (χ4n) is 9.12. The van der Waals surface area contributed by atoms with E-state index in [4.69, 9.17) is 0 Å². The van der Waals surface area contributed by atoms with E-state index in [9.17, 15) is 23.2 Å². The highest BCUT2D eigenvalue weighted by atomic mass is 32.1. The highest BCUT2D eigenvalue weighted by molar-refractivity contribution is 7.18. The largest absolute Gasteiger partial charge is 0.393 e. The number of carbonyl (C=O) groups excluding carboxylic acids is 1. The quantitative estimate of drug-likeness (QED) is 0.194. The number of aromatic nitrogens is 3. The van der Waals surface area contributed by atoms with Gasteiger partial charge in [-0.1, -0.05) is 18.9 Å². The normalized spacial score (nSPS) is 24.8. The van der Waals surface area contributed by atoms with Gasteiger partial charge in [0.05, 0.1) is 11.8 Å². The van der Waals surface area contributed by atoms with Gasteiger partial charge in [0.25, 0.3) is 0 Å². The van der Waals surface area contributed by atoms with Crippen LogP contribution in [0.3, 0.4) is 0 Å². The molecular formula is C36H40F3N7OS. The van der Waals surface area contributed by atoms with Gasteiger partial charge < -0.3 is 15.2 Å². The smallest absolute Gasteiger partial charge is 0.367 e. The number of halogens is 3. The average Bonchev–Trinajstić information content (AvgIpc) is 3.76. The summed E-state index contributed by atoms with van der Waals surface area (Å²) in [6.07, 6.45) is 5.36. The molecule has 0 atom stereocenters. The molecule has 2 N–H and O–H groups in total. The third-order valence-corrected chi connectivity index (χ3v) is 12.4. The molecule has 4 heterocycles. The number of nitrogens with zero attached hydrogens (tertiary/aromatic N) is 5. The number of hydrogen-bond donors (Lipinski definition) is 2. The van der Waals surface area contributed by atoms with E-state index in [-0.39, 0.29) is 33.7 Å². The number of nitrogens with one attached hydrogen (secondary N) is 2. The second-order valence-corrected chi connectivity index (χ2v) is 16.0. The number of carbonyl (C=O) groups is 1. The Labute approximate surface area is 281 Å². The molecular weight excluding hydrogens is 636 g/mol. The topological polar surface area (TPSA) is 98.9 Å². The fourth-order valence-corrected chi connectivity index (χ4v) is 10.1. The van der Waals surface area contributed by atoms with Crippen LogP contribution in [0.25, 0.3) is 21.1 Å². The van der Waals surface area contributed by atoms with Gasteiger partial charge in [-0.15, -0.1) is 11.3 Å². The molecule has 12 heteroatoms. The van der Waals surface area contributed by atoms with Crippen LogP contribution in [-0.4, -0.2) is 56.2 Å². The average molecular weight is 676 g/mol. The van der Waals surface area contributed by atoms with Gasteiger partial charge in [-0.25, -0.2) is 9.97 Å². The molecule has 9 rings (SSSR count). The SMILES string of the molecule is Cc1c(CN2CCC(Nc3ncnc4sc(CC(F)(F)F)cc34)CC2)ccc2c1cc(C#N)n2CC12CC(NC(=O)C3CCCC3)(C1)C2. The molecule has 0 unspecified atom stereocenters. The Balaban J connectivity index is 0.891. The molecule has 252 valence electrons. The number of benzene rings is 1. The number of nitriles is 1. The van der Waals surface area contributed by atoms with Gasteiger partial charge in [-0.2, -0.15) is 18.4 Å². The summed E-state index contributed by atoms with van der Waals surface area (Å²) in [5.74, 6) is 1.05. The number of piperidine rings is 1. The summed E-state index contributed by atoms with van der Waals surface area (Å²) in [6.45, 7) is 5.56. The van der Waals surface area contributed by atoms with Crippen LogP contribution < -0.4 is 10.6 Å². The minimum Gasteiger partial charge on any atom is -0.367 e. The molecule has 48 heavy (non-hydrogen) atoms. The van der Waals surface area contributed by atoms with Crippen molar-refractivity contribution in [3.8, 4) is 6.07 Å². The first-order chi connectivity index (χ1) is 23.0. The minimum absolute atomic E-state index is 0.0213. The summed E-state index contributed by atoms with van der Waals surface area (Å²) < 4.78 is 41.1. The lowest BCUT2D eigenvalue weighted by molar-refractivity contribution is -0.173. The zero-order valence-corrected chi connectivity index (χ0v) is 27.9. The molecule has 0 radical (unpaired) electrons. The zero-order chi connectivity index (χ0) is 33.3. The van der Waals surface area contributed by atoms with Crippen molar-refractivity contribution in [2.75, 3.05) is 18.4 Å². The lowest BCUT2D eigenvalue weighted by Gasteiger charge is -2.71. The van der Waals surface area contributed by atoms with E-state index in [2.05, 4.69) is 55.2 Å². The van der Waals surface area contributed by atoms with E-state index >= 15 is 0 Å². The van der Waals surface area contributed by atoms with Gasteiger partial charge in [0.1, 0.15) is 28.7 Å². The number of likely N-dealkylation sites (tertiary alicyclic amines) is 1. The van der Waals surface area contributed by atoms with Gasteiger partial charge in [0.2, 0.25) is 5.91 Å². The summed E-state index contributed by atoms with van der Waals surface area (Å²) in [5, 5.41) is 18.7. The molecule has 0 spiro atoms. The van der Waals surface area contributed by atoms with E-state index < -0.39 is 12.6 Å². The van der Waals surface area contributed by atoms with E-state index in [1.807, 2.05) is 6.07 Å². The van der Waals surface area contributed by atoms with Crippen LogP contribution in [-0.2, 0) is 24.3 Å². The van der Waals surface area contributed by atoms with Gasteiger partial charge >= 0.3 is 6.18 Å². The van der Waals surface area contributed by atoms with Crippen LogP contribution in [0, 0.1) is 29.6 Å². The van der Waals surface area contributed by atoms with Crippen LogP contribution in [0.4, 0.5) is 19.0 Å². The Bertz CT molecular complexity index is 1910. The third-order valence-electron chi connectivity index (χ3n) is 11.4. The first kappa shape index (κ1) is 31.6. The van der Waals surface area contributed by atoms with E-state index in [0.29, 0.717) is 21.7 Å². The molecule has 4 aromatic rings. The van der Waals surface area contributed by atoms with Crippen molar-refractivity contribution in [1.82, 2.24) is 24.8 Å². The number of rotatable bonds is 9. The molecule has 1 aliphatic heterocycles. The van der Waals surface area contributed by atoms with Gasteiger partial charge in [-0.05, 0) is 86.6 Å². The first-order valence-corrected chi connectivity index (χ1v) is 18.0. The highest BCUT2D eigenvalue weighted by Gasteiger charge is 2.68. The molecule has 1 saturated heterocycles. The van der Waals surface area contributed by atoms with Gasteiger partial charge in [0, 0.05) is 59.5 Å². The van der Waals surface area contributed by atoms with Crippen molar-refractivity contribution >= 4 is 44.2 Å². The highest BCUT2D eigenvalue weighted by Crippen LogP contribution is 2.68. The Kier molecular flexibility index (Phi) is 7.71. The van der Waals surface area contributed by atoms with E-state index in [1.54, 1.807) is 6.07 Å². The second-order valence-electron chi connectivity index (χ2n) is 14.9. The lowest BCUT2D eigenvalue weighted by atomic mass is 9.39. The van der Waals surface area contributed by atoms with Crippen molar-refractivity contribution in [2.45, 2.75) is 102 Å². The summed E-state index contributed by atoms with van der Waals surface area (Å²) in [6, 6.07) is 10.6. The number of aryl methyl sites for hydroxylation is 1. The maximum Gasteiger partial charge on any atom is 0.393 e. The molecule has 8 nitrogen and oxygen atoms in total. The van der Waals surface area contributed by atoms with Crippen molar-refractivity contribution in [2.24, 2.45) is 11.3 Å². The standard InChI is InChI=1S/C36H40F3N7OS/c1-22-24(16-45-10-8-25(9-11-45)43-31-29-13-27(14-36(37,38)39)48-33(29)42-21-41-31)6-7-30-28(22)12-26(15-40)46(30)20-34-17-35(18-34,19-34)44-32(47)23-4-2-3-5-23/h6-7,12-13,21,23,25H,2-5,8-11,14,16-20H2,1H3,(H,44,47)(H,41,42,43). The molecule has 3 aromatic heterocycles. The Morgan fingerprint density at radius 2 is 1.83 bits per heavy atom. The summed E-state index contributed by atoms with van der Waals surface area (Å²) in [7, 11) is 0. The van der Waals surface area contributed by atoms with Gasteiger partial charge in [0.15, 0.2) is 0 Å². The number of amides is 1. The second kappa shape index (κ2) is 11.7. The lowest BCUT2D eigenvalue weighted by Crippen LogP contribution is -2.76. The number of alkyl halides is 3. The molecule has 4 saturated carbocycles. The predicted molar refractivity (Wildman–Crippen MR) is 180 cm³/mol. The maximum absolute atomic E-state index is 13.0. The third kappa shape index (κ3) is 5.83. The summed E-state index contributed by atoms with van der Waals surface area (Å²) in [5.41, 5.74) is 4.40. The molecule has 4 aliphatic carbocycles. The van der Waals surface area contributed by atoms with Crippen LogP contribution in [0.2, 0.25) is 0 Å². The molecule has 5 fully saturated rings. The van der Waals surface area contributed by atoms with Gasteiger partial charge in [-0.3, -0.25) is 9.69 Å². The van der Waals surface area contributed by atoms with Crippen molar-refractivity contribution in [1.29, 1.82) is 5.26 Å². The Morgan fingerprint density at radius 3 is 2.54 bits per heavy atom. The van der Waals surface area contributed by atoms with E-state index in [1.165, 1.54) is 17.5 Å². The van der Waals surface area contributed by atoms with Crippen molar-refractivity contribution < 1.29 is 18.0 Å². The number of anilines is 1. The monoisotopic (exact) mass is 675 g/mol. The molecule has 5 aliphatic rings. The molecule has 1 amide bonds. The van der Waals surface area contributed by atoms with Crippen LogP contribution in [0.5, 0.6) is 0 Å². The maximum atomic E-state index is 13.0. The van der Waals surface area contributed by atoms with Crippen molar-refractivity contribution in [3.63, 3.8) is 0 Å². The van der Waals surface area contributed by atoms with E-state index in [0.717, 1.165) is 106 Å². The van der Waals surface area contributed by atoms with Crippen LogP contribution in [0.15, 0.2) is 30.6 Å². The first-order valence-electron chi connectivity index (χ1n) is 17.1. The number of thiophene rings is 1. The predicted octanol–water partition coefficient (Wildman–Crippen LogP) is 7.24. The van der Waals surface area contributed by atoms with Crippen molar-refractivity contribution in [3.05, 3.63) is 52.3 Å². The molecule has 1 aromatic carbocycles.